The highest BCUT2D eigenvalue weighted by Gasteiger charge is 2.22. The molecule has 4 heterocycles. The minimum atomic E-state index is -2.62. The fourth-order valence-electron chi connectivity index (χ4n) is 3.93. The number of nitrogens with zero attached hydrogens (tertiary/aromatic N) is 6. The molecule has 0 aliphatic carbocycles. The number of nitrogens with one attached hydrogen (secondary N) is 1. The number of alkyl halides is 2. The third kappa shape index (κ3) is 4.98. The van der Waals surface area contributed by atoms with Crippen molar-refractivity contribution < 1.29 is 13.6 Å². The molecule has 0 aromatic carbocycles. The van der Waals surface area contributed by atoms with E-state index in [2.05, 4.69) is 25.5 Å². The van der Waals surface area contributed by atoms with Gasteiger partial charge in [-0.15, -0.1) is 5.10 Å². The van der Waals surface area contributed by atoms with Gasteiger partial charge in [0.1, 0.15) is 11.4 Å². The number of nitrogen functional groups attached to an aromatic ring is 1. The second-order valence-corrected chi connectivity index (χ2v) is 8.87. The topological polar surface area (TPSA) is 116 Å². The van der Waals surface area contributed by atoms with Crippen molar-refractivity contribution >= 4 is 17.5 Å². The zero-order valence-corrected chi connectivity index (χ0v) is 20.0. The fourth-order valence-corrected chi connectivity index (χ4v) is 3.93. The van der Waals surface area contributed by atoms with Gasteiger partial charge in [0.2, 0.25) is 5.95 Å². The third-order valence-corrected chi connectivity index (χ3v) is 5.90. The Morgan fingerprint density at radius 3 is 2.54 bits per heavy atom. The number of carbonyl (C=O) groups is 1. The number of halogens is 2. The first-order valence-electron chi connectivity index (χ1n) is 11.4. The minimum Gasteiger partial charge on any atom is -0.366 e. The van der Waals surface area contributed by atoms with E-state index in [1.807, 2.05) is 33.9 Å². The highest BCUT2D eigenvalue weighted by molar-refractivity contribution is 5.95. The molecule has 0 unspecified atom stereocenters. The third-order valence-electron chi connectivity index (χ3n) is 5.90. The fraction of sp³-hybridized carbons (Fsp3) is 0.375. The van der Waals surface area contributed by atoms with Crippen LogP contribution in [0.5, 0.6) is 0 Å². The summed E-state index contributed by atoms with van der Waals surface area (Å²) >= 11 is 0. The lowest BCUT2D eigenvalue weighted by molar-refractivity contribution is 0.0931. The lowest BCUT2D eigenvalue weighted by Gasteiger charge is -2.22. The summed E-state index contributed by atoms with van der Waals surface area (Å²) in [6.07, 6.45) is 3.18. The van der Waals surface area contributed by atoms with Gasteiger partial charge in [0.05, 0.1) is 12.2 Å². The van der Waals surface area contributed by atoms with Crippen molar-refractivity contribution in [2.45, 2.75) is 52.6 Å². The minimum absolute atomic E-state index is 0.0123. The van der Waals surface area contributed by atoms with Crippen LogP contribution in [0.1, 0.15) is 68.3 Å². The Bertz CT molecular complexity index is 1330. The molecule has 1 amide bonds. The molecule has 4 aromatic rings. The maximum atomic E-state index is 13.0. The first-order valence-corrected chi connectivity index (χ1v) is 11.4. The first-order chi connectivity index (χ1) is 16.7. The van der Waals surface area contributed by atoms with Crippen molar-refractivity contribution in [3.63, 3.8) is 0 Å². The van der Waals surface area contributed by atoms with Gasteiger partial charge in [-0.3, -0.25) is 14.5 Å². The molecule has 4 aromatic heterocycles. The maximum Gasteiger partial charge on any atom is 0.280 e. The van der Waals surface area contributed by atoms with E-state index < -0.39 is 6.43 Å². The van der Waals surface area contributed by atoms with Crippen LogP contribution in [0.25, 0.3) is 16.8 Å². The number of rotatable bonds is 8. The lowest BCUT2D eigenvalue weighted by atomic mass is 9.97. The van der Waals surface area contributed by atoms with Crippen molar-refractivity contribution in [1.82, 2.24) is 34.7 Å². The monoisotopic (exact) mass is 482 g/mol. The standard InChI is InChI=1S/C24H28F2N8O/c1-5-14(4)30-23(35)19-8-16(9-20-31-24(27)32-34(19)20)17-11-29-33(12-17)21(13(2)3)15-6-7-18(22(25)26)28-10-15/h6-14,21-22H,5H2,1-4H3,(H2,27,32)(H,30,35)/t14-,21-/m0/s1. The SMILES string of the molecule is CC[C@H](C)NC(=O)c1cc(-c2cnn([C@H](c3ccc(C(F)F)nc3)C(C)C)c2)cc2nc(N)nn12. The molecular weight excluding hydrogens is 454 g/mol. The number of fused-ring (bicyclic) bond motifs is 1. The van der Waals surface area contributed by atoms with E-state index in [0.29, 0.717) is 11.3 Å². The summed E-state index contributed by atoms with van der Waals surface area (Å²) in [7, 11) is 0. The first kappa shape index (κ1) is 24.2. The van der Waals surface area contributed by atoms with Crippen LogP contribution in [-0.2, 0) is 0 Å². The van der Waals surface area contributed by atoms with E-state index >= 15 is 0 Å². The molecule has 3 N–H and O–H groups in total. The van der Waals surface area contributed by atoms with Gasteiger partial charge < -0.3 is 11.1 Å². The van der Waals surface area contributed by atoms with Crippen LogP contribution in [0.15, 0.2) is 42.9 Å². The van der Waals surface area contributed by atoms with E-state index in [0.717, 1.165) is 23.1 Å². The van der Waals surface area contributed by atoms with Gasteiger partial charge in [0.25, 0.3) is 12.3 Å². The summed E-state index contributed by atoms with van der Waals surface area (Å²) in [6.45, 7) is 7.96. The van der Waals surface area contributed by atoms with Crippen molar-refractivity contribution in [3.05, 3.63) is 59.8 Å². The molecule has 184 valence electrons. The number of pyridine rings is 2. The van der Waals surface area contributed by atoms with Crippen LogP contribution >= 0.6 is 0 Å². The quantitative estimate of drug-likeness (QED) is 0.387. The van der Waals surface area contributed by atoms with Crippen LogP contribution in [0.2, 0.25) is 0 Å². The summed E-state index contributed by atoms with van der Waals surface area (Å²) < 4.78 is 29.1. The average Bonchev–Trinajstić information content (AvgIpc) is 3.44. The van der Waals surface area contributed by atoms with Crippen LogP contribution in [0.4, 0.5) is 14.7 Å². The predicted octanol–water partition coefficient (Wildman–Crippen LogP) is 4.28. The molecule has 0 saturated heterocycles. The number of nitrogens with two attached hydrogens (primary N) is 1. The van der Waals surface area contributed by atoms with Gasteiger partial charge >= 0.3 is 0 Å². The van der Waals surface area contributed by atoms with Gasteiger partial charge in [0.15, 0.2) is 5.65 Å². The number of carbonyl (C=O) groups excluding carboxylic acids is 1. The number of amides is 1. The summed E-state index contributed by atoms with van der Waals surface area (Å²) in [5.41, 5.74) is 8.54. The van der Waals surface area contributed by atoms with Gasteiger partial charge in [0, 0.05) is 24.0 Å². The summed E-state index contributed by atoms with van der Waals surface area (Å²) in [4.78, 5) is 21.1. The molecule has 0 radical (unpaired) electrons. The van der Waals surface area contributed by atoms with E-state index in [9.17, 15) is 13.6 Å². The summed E-state index contributed by atoms with van der Waals surface area (Å²) in [5.74, 6) is -0.110. The van der Waals surface area contributed by atoms with Crippen molar-refractivity contribution in [1.29, 1.82) is 0 Å². The molecule has 4 rings (SSSR count). The number of anilines is 1. The second kappa shape index (κ2) is 9.77. The Morgan fingerprint density at radius 2 is 1.91 bits per heavy atom. The molecule has 0 spiro atoms. The molecule has 2 atom stereocenters. The smallest absolute Gasteiger partial charge is 0.280 e. The number of hydrogen-bond acceptors (Lipinski definition) is 6. The largest absolute Gasteiger partial charge is 0.366 e. The molecule has 0 aliphatic heterocycles. The zero-order chi connectivity index (χ0) is 25.3. The van der Waals surface area contributed by atoms with Crippen LogP contribution in [-0.4, -0.2) is 41.3 Å². The molecule has 11 heteroatoms. The highest BCUT2D eigenvalue weighted by Crippen LogP contribution is 2.30. The maximum absolute atomic E-state index is 13.0. The Kier molecular flexibility index (Phi) is 6.77. The summed E-state index contributed by atoms with van der Waals surface area (Å²) in [5, 5.41) is 11.7. The van der Waals surface area contributed by atoms with Crippen LogP contribution in [0.3, 0.4) is 0 Å². The van der Waals surface area contributed by atoms with Crippen molar-refractivity contribution in [2.75, 3.05) is 5.73 Å². The van der Waals surface area contributed by atoms with Gasteiger partial charge in [-0.25, -0.2) is 13.3 Å². The van der Waals surface area contributed by atoms with Crippen LogP contribution in [0, 0.1) is 5.92 Å². The van der Waals surface area contributed by atoms with E-state index in [1.54, 1.807) is 29.1 Å². The predicted molar refractivity (Wildman–Crippen MR) is 128 cm³/mol. The summed E-state index contributed by atoms with van der Waals surface area (Å²) in [6, 6.07) is 6.27. The van der Waals surface area contributed by atoms with Gasteiger partial charge in [-0.1, -0.05) is 26.8 Å². The Labute approximate surface area is 201 Å². The number of aromatic nitrogens is 6. The van der Waals surface area contributed by atoms with Gasteiger partial charge in [-0.2, -0.15) is 10.1 Å². The van der Waals surface area contributed by atoms with E-state index in [-0.39, 0.29) is 35.6 Å². The van der Waals surface area contributed by atoms with E-state index in [1.165, 1.54) is 16.8 Å². The molecule has 0 fully saturated rings. The molecule has 9 nitrogen and oxygen atoms in total. The van der Waals surface area contributed by atoms with E-state index in [4.69, 9.17) is 5.73 Å². The normalized spacial score (nSPS) is 13.5. The van der Waals surface area contributed by atoms with Gasteiger partial charge in [-0.05, 0) is 48.6 Å². The molecular formula is C24H28F2N8O. The lowest BCUT2D eigenvalue weighted by Crippen LogP contribution is -2.33. The van der Waals surface area contributed by atoms with Crippen molar-refractivity contribution in [3.8, 4) is 11.1 Å². The second-order valence-electron chi connectivity index (χ2n) is 8.87. The average molecular weight is 483 g/mol. The number of hydrogen-bond donors (Lipinski definition) is 2. The molecule has 0 saturated carbocycles. The highest BCUT2D eigenvalue weighted by atomic mass is 19.3. The van der Waals surface area contributed by atoms with Crippen molar-refractivity contribution in [2.24, 2.45) is 5.92 Å². The Morgan fingerprint density at radius 1 is 1.14 bits per heavy atom. The molecule has 35 heavy (non-hydrogen) atoms. The zero-order valence-electron chi connectivity index (χ0n) is 20.0. The Hall–Kier alpha value is -3.89. The molecule has 0 bridgehead atoms. The Balaban J connectivity index is 1.73. The van der Waals surface area contributed by atoms with Crippen LogP contribution < -0.4 is 11.1 Å². The molecule has 0 aliphatic rings.